The number of halogens is 1. The van der Waals surface area contributed by atoms with Gasteiger partial charge in [-0.15, -0.1) is 0 Å². The van der Waals surface area contributed by atoms with E-state index < -0.39 is 5.97 Å². The topological polar surface area (TPSA) is 67.2 Å². The van der Waals surface area contributed by atoms with Crippen LogP contribution in [0.25, 0.3) is 0 Å². The van der Waals surface area contributed by atoms with Gasteiger partial charge >= 0.3 is 5.97 Å². The summed E-state index contributed by atoms with van der Waals surface area (Å²) in [6.45, 7) is 2.42. The van der Waals surface area contributed by atoms with Crippen molar-refractivity contribution < 1.29 is 9.90 Å². The fourth-order valence-electron chi connectivity index (χ4n) is 1.99. The summed E-state index contributed by atoms with van der Waals surface area (Å²) in [4.78, 5) is 11.1. The number of rotatable bonds is 5. The standard InChI is InChI=1S/C14H16ClN3O2/c1-9(10-4-3-5-11(15)6-10)16-8-13-12(14(19)20)7-17-18(13)2/h3-7,9,16H,8H2,1-2H3,(H,19,20)/t9-/m1/s1. The highest BCUT2D eigenvalue weighted by atomic mass is 35.5. The van der Waals surface area contributed by atoms with Crippen molar-refractivity contribution in [2.45, 2.75) is 19.5 Å². The minimum Gasteiger partial charge on any atom is -0.478 e. The maximum absolute atomic E-state index is 11.1. The molecule has 1 aromatic carbocycles. The Morgan fingerprint density at radius 2 is 2.30 bits per heavy atom. The van der Waals surface area contributed by atoms with Crippen LogP contribution >= 0.6 is 11.6 Å². The molecule has 20 heavy (non-hydrogen) atoms. The molecule has 0 amide bonds. The summed E-state index contributed by atoms with van der Waals surface area (Å²) in [5.74, 6) is -0.967. The summed E-state index contributed by atoms with van der Waals surface area (Å²) in [5, 5.41) is 17.0. The van der Waals surface area contributed by atoms with Crippen LogP contribution < -0.4 is 5.32 Å². The molecule has 2 N–H and O–H groups in total. The van der Waals surface area contributed by atoms with Crippen LogP contribution in [0.1, 0.15) is 34.6 Å². The fourth-order valence-corrected chi connectivity index (χ4v) is 2.19. The van der Waals surface area contributed by atoms with Crippen molar-refractivity contribution in [2.75, 3.05) is 0 Å². The van der Waals surface area contributed by atoms with E-state index in [1.54, 1.807) is 11.7 Å². The van der Waals surface area contributed by atoms with Crippen molar-refractivity contribution in [3.63, 3.8) is 0 Å². The summed E-state index contributed by atoms with van der Waals surface area (Å²) >= 11 is 5.96. The molecule has 0 fully saturated rings. The Hall–Kier alpha value is -1.85. The minimum atomic E-state index is -0.967. The van der Waals surface area contributed by atoms with Crippen molar-refractivity contribution in [1.82, 2.24) is 15.1 Å². The molecule has 106 valence electrons. The summed E-state index contributed by atoms with van der Waals surface area (Å²) < 4.78 is 1.57. The Bertz CT molecular complexity index is 625. The zero-order valence-electron chi connectivity index (χ0n) is 11.3. The Kier molecular flexibility index (Phi) is 4.42. The molecule has 1 atom stereocenters. The van der Waals surface area contributed by atoms with Gasteiger partial charge < -0.3 is 10.4 Å². The average molecular weight is 294 g/mol. The van der Waals surface area contributed by atoms with E-state index in [1.807, 2.05) is 31.2 Å². The van der Waals surface area contributed by atoms with E-state index >= 15 is 0 Å². The maximum Gasteiger partial charge on any atom is 0.339 e. The van der Waals surface area contributed by atoms with E-state index in [4.69, 9.17) is 16.7 Å². The summed E-state index contributed by atoms with van der Waals surface area (Å²) in [5.41, 5.74) is 1.92. The molecule has 6 heteroatoms. The van der Waals surface area contributed by atoms with Crippen molar-refractivity contribution in [2.24, 2.45) is 7.05 Å². The summed E-state index contributed by atoms with van der Waals surface area (Å²) in [7, 11) is 1.73. The first-order chi connectivity index (χ1) is 9.49. The fraction of sp³-hybridized carbons (Fsp3) is 0.286. The van der Waals surface area contributed by atoms with E-state index in [9.17, 15) is 4.79 Å². The van der Waals surface area contributed by atoms with Crippen molar-refractivity contribution in [1.29, 1.82) is 0 Å². The second-order valence-corrected chi connectivity index (χ2v) is 5.03. The highest BCUT2D eigenvalue weighted by molar-refractivity contribution is 6.30. The molecule has 1 aromatic heterocycles. The van der Waals surface area contributed by atoms with Gasteiger partial charge in [0.15, 0.2) is 0 Å². The first kappa shape index (κ1) is 14.6. The molecule has 0 bridgehead atoms. The number of carbonyl (C=O) groups is 1. The highest BCUT2D eigenvalue weighted by Gasteiger charge is 2.15. The molecule has 0 aliphatic heterocycles. The second-order valence-electron chi connectivity index (χ2n) is 4.59. The van der Waals surface area contributed by atoms with Crippen LogP contribution in [0, 0.1) is 0 Å². The molecule has 0 spiro atoms. The molecule has 0 aliphatic carbocycles. The maximum atomic E-state index is 11.1. The second kappa shape index (κ2) is 6.07. The highest BCUT2D eigenvalue weighted by Crippen LogP contribution is 2.18. The number of aromatic carboxylic acids is 1. The number of nitrogens with one attached hydrogen (secondary N) is 1. The molecule has 2 aromatic rings. The number of hydrogen-bond donors (Lipinski definition) is 2. The number of hydrogen-bond acceptors (Lipinski definition) is 3. The first-order valence-corrected chi connectivity index (χ1v) is 6.60. The van der Waals surface area contributed by atoms with Gasteiger partial charge in [-0.2, -0.15) is 5.10 Å². The molecule has 0 saturated heterocycles. The lowest BCUT2D eigenvalue weighted by molar-refractivity contribution is 0.0695. The van der Waals surface area contributed by atoms with Gasteiger partial charge in [0.05, 0.1) is 11.9 Å². The van der Waals surface area contributed by atoms with Gasteiger partial charge in [-0.05, 0) is 24.6 Å². The molecular formula is C14H16ClN3O2. The van der Waals surface area contributed by atoms with E-state index in [0.29, 0.717) is 17.3 Å². The predicted molar refractivity (Wildman–Crippen MR) is 76.9 cm³/mol. The van der Waals surface area contributed by atoms with Crippen LogP contribution in [0.3, 0.4) is 0 Å². The normalized spacial score (nSPS) is 12.3. The van der Waals surface area contributed by atoms with Gasteiger partial charge in [0.25, 0.3) is 0 Å². The van der Waals surface area contributed by atoms with Crippen LogP contribution in [0.5, 0.6) is 0 Å². The lowest BCUT2D eigenvalue weighted by Gasteiger charge is -2.15. The van der Waals surface area contributed by atoms with Gasteiger partial charge in [0.1, 0.15) is 5.56 Å². The van der Waals surface area contributed by atoms with E-state index in [0.717, 1.165) is 5.56 Å². The Morgan fingerprint density at radius 1 is 1.55 bits per heavy atom. The van der Waals surface area contributed by atoms with E-state index in [2.05, 4.69) is 10.4 Å². The zero-order chi connectivity index (χ0) is 14.7. The first-order valence-electron chi connectivity index (χ1n) is 6.22. The van der Waals surface area contributed by atoms with Crippen molar-refractivity contribution in [3.8, 4) is 0 Å². The number of nitrogens with zero attached hydrogens (tertiary/aromatic N) is 2. The van der Waals surface area contributed by atoms with Crippen LogP contribution in [0.4, 0.5) is 0 Å². The third-order valence-electron chi connectivity index (χ3n) is 3.22. The SMILES string of the molecule is C[C@@H](NCc1c(C(=O)O)cnn1C)c1cccc(Cl)c1. The van der Waals surface area contributed by atoms with Gasteiger partial charge in [-0.1, -0.05) is 23.7 Å². The monoisotopic (exact) mass is 293 g/mol. The number of aryl methyl sites for hydroxylation is 1. The van der Waals surface area contributed by atoms with Crippen molar-refractivity contribution >= 4 is 17.6 Å². The molecule has 1 heterocycles. The largest absolute Gasteiger partial charge is 0.478 e. The third-order valence-corrected chi connectivity index (χ3v) is 3.45. The number of benzene rings is 1. The Morgan fingerprint density at radius 3 is 2.95 bits per heavy atom. The lowest BCUT2D eigenvalue weighted by atomic mass is 10.1. The van der Waals surface area contributed by atoms with Crippen LogP contribution in [0.15, 0.2) is 30.5 Å². The predicted octanol–water partition coefficient (Wildman–Crippen LogP) is 2.62. The number of aromatic nitrogens is 2. The van der Waals surface area contributed by atoms with Gasteiger partial charge in [-0.25, -0.2) is 4.79 Å². The minimum absolute atomic E-state index is 0.0604. The Balaban J connectivity index is 2.09. The zero-order valence-corrected chi connectivity index (χ0v) is 12.1. The number of carboxylic acid groups (broad SMARTS) is 1. The van der Waals surface area contributed by atoms with E-state index in [1.165, 1.54) is 6.20 Å². The van der Waals surface area contributed by atoms with Crippen LogP contribution in [-0.2, 0) is 13.6 Å². The molecule has 0 saturated carbocycles. The smallest absolute Gasteiger partial charge is 0.339 e. The number of carboxylic acids is 1. The molecule has 0 radical (unpaired) electrons. The summed E-state index contributed by atoms with van der Waals surface area (Å²) in [6.07, 6.45) is 1.36. The van der Waals surface area contributed by atoms with Gasteiger partial charge in [-0.3, -0.25) is 4.68 Å². The quantitative estimate of drug-likeness (QED) is 0.889. The molecular weight excluding hydrogens is 278 g/mol. The third kappa shape index (κ3) is 3.18. The van der Waals surface area contributed by atoms with Gasteiger partial charge in [0, 0.05) is 24.7 Å². The van der Waals surface area contributed by atoms with Crippen LogP contribution in [0.2, 0.25) is 5.02 Å². The van der Waals surface area contributed by atoms with Gasteiger partial charge in [0.2, 0.25) is 0 Å². The van der Waals surface area contributed by atoms with Crippen molar-refractivity contribution in [3.05, 3.63) is 52.3 Å². The van der Waals surface area contributed by atoms with Crippen LogP contribution in [-0.4, -0.2) is 20.9 Å². The molecule has 5 nitrogen and oxygen atoms in total. The Labute approximate surface area is 122 Å². The lowest BCUT2D eigenvalue weighted by Crippen LogP contribution is -2.21. The average Bonchev–Trinajstić information content (AvgIpc) is 2.77. The molecule has 2 rings (SSSR count). The molecule has 0 aliphatic rings. The summed E-state index contributed by atoms with van der Waals surface area (Å²) in [6, 6.07) is 7.64. The molecule has 0 unspecified atom stereocenters. The van der Waals surface area contributed by atoms with E-state index in [-0.39, 0.29) is 11.6 Å².